The van der Waals surface area contributed by atoms with Gasteiger partial charge in [0.1, 0.15) is 11.5 Å². The molecule has 9 heteroatoms. The Bertz CT molecular complexity index is 1420. The molecule has 174 valence electrons. The number of nitrogens with one attached hydrogen (secondary N) is 1. The summed E-state index contributed by atoms with van der Waals surface area (Å²) in [4.78, 5) is 29.7. The zero-order chi connectivity index (χ0) is 24.6. The number of nitrogens with zero attached hydrogens (tertiary/aromatic N) is 4. The Morgan fingerprint density at radius 3 is 2.44 bits per heavy atom. The molecule has 3 heterocycles. The van der Waals surface area contributed by atoms with Gasteiger partial charge in [-0.1, -0.05) is 13.0 Å². The molecule has 34 heavy (non-hydrogen) atoms. The quantitative estimate of drug-likeness (QED) is 0.409. The lowest BCUT2D eigenvalue weighted by Crippen LogP contribution is -2.16. The molecule has 0 unspecified atom stereocenters. The average Bonchev–Trinajstić information content (AvgIpc) is 2.78. The number of amides is 1. The van der Waals surface area contributed by atoms with E-state index in [1.54, 1.807) is 18.3 Å². The summed E-state index contributed by atoms with van der Waals surface area (Å²) in [6.45, 7) is 7.20. The monoisotopic (exact) mass is 465 g/mol. The van der Waals surface area contributed by atoms with Crippen LogP contribution in [0.3, 0.4) is 0 Å². The first kappa shape index (κ1) is 23.3. The third-order valence-corrected chi connectivity index (χ3v) is 5.42. The summed E-state index contributed by atoms with van der Waals surface area (Å²) in [5.41, 5.74) is 3.36. The van der Waals surface area contributed by atoms with Crippen LogP contribution < -0.4 is 5.32 Å². The lowest BCUT2D eigenvalue weighted by Gasteiger charge is -2.14. The van der Waals surface area contributed by atoms with Gasteiger partial charge in [0.2, 0.25) is 0 Å². The largest absolute Gasteiger partial charge is 0.433 e. The number of halogens is 3. The summed E-state index contributed by atoms with van der Waals surface area (Å²) in [7, 11) is 0. The molecule has 6 nitrogen and oxygen atoms in total. The van der Waals surface area contributed by atoms with Crippen molar-refractivity contribution in [3.63, 3.8) is 0 Å². The third kappa shape index (κ3) is 4.73. The molecule has 4 rings (SSSR count). The number of alkyl halides is 3. The van der Waals surface area contributed by atoms with E-state index in [1.807, 2.05) is 32.9 Å². The maximum atomic E-state index is 13.1. The van der Waals surface area contributed by atoms with E-state index in [0.29, 0.717) is 23.6 Å². The maximum absolute atomic E-state index is 13.1. The fraction of sp³-hybridized carbons (Fsp3) is 0.240. The smallest absolute Gasteiger partial charge is 0.322 e. The molecule has 0 aliphatic heterocycles. The third-order valence-electron chi connectivity index (χ3n) is 5.42. The van der Waals surface area contributed by atoms with Gasteiger partial charge >= 0.3 is 6.18 Å². The van der Waals surface area contributed by atoms with Crippen molar-refractivity contribution in [2.24, 2.45) is 0 Å². The standard InChI is InChI=1S/C25H22F3N5O/c1-5-22-29-12-17-9-20(15(4)31-23(17)33-22)19-11-18(7-6-13(19)2)32-24(34)16-8-14(3)30-21(10-16)25(26,27)28/h6-12H,5H2,1-4H3,(H,32,34). The number of hydrogen-bond acceptors (Lipinski definition) is 5. The van der Waals surface area contributed by atoms with Crippen LogP contribution in [0.15, 0.2) is 42.6 Å². The number of rotatable bonds is 4. The van der Waals surface area contributed by atoms with Crippen molar-refractivity contribution >= 4 is 22.6 Å². The number of aryl methyl sites for hydroxylation is 4. The Morgan fingerprint density at radius 1 is 0.971 bits per heavy atom. The summed E-state index contributed by atoms with van der Waals surface area (Å²) in [5.74, 6) is 0.0627. The van der Waals surface area contributed by atoms with E-state index in [2.05, 4.69) is 25.3 Å². The molecule has 0 aliphatic carbocycles. The molecule has 1 aromatic carbocycles. The van der Waals surface area contributed by atoms with Crippen LogP contribution in [-0.2, 0) is 12.6 Å². The van der Waals surface area contributed by atoms with Crippen LogP contribution in [0.2, 0.25) is 0 Å². The highest BCUT2D eigenvalue weighted by atomic mass is 19.4. The summed E-state index contributed by atoms with van der Waals surface area (Å²) in [6.07, 6.45) is -2.19. The van der Waals surface area contributed by atoms with Crippen LogP contribution in [0.4, 0.5) is 18.9 Å². The second-order valence-electron chi connectivity index (χ2n) is 8.04. The molecule has 0 spiro atoms. The van der Waals surface area contributed by atoms with E-state index in [1.165, 1.54) is 13.0 Å². The van der Waals surface area contributed by atoms with Crippen LogP contribution in [0.25, 0.3) is 22.2 Å². The average molecular weight is 465 g/mol. The lowest BCUT2D eigenvalue weighted by atomic mass is 9.98. The first-order valence-corrected chi connectivity index (χ1v) is 10.7. The summed E-state index contributed by atoms with van der Waals surface area (Å²) < 4.78 is 39.3. The summed E-state index contributed by atoms with van der Waals surface area (Å²) in [6, 6.07) is 9.34. The highest BCUT2D eigenvalue weighted by Crippen LogP contribution is 2.31. The second kappa shape index (κ2) is 8.81. The molecule has 3 aromatic heterocycles. The van der Waals surface area contributed by atoms with Crippen molar-refractivity contribution in [3.05, 3.63) is 76.6 Å². The van der Waals surface area contributed by atoms with Gasteiger partial charge in [-0.25, -0.2) is 19.9 Å². The Hall–Kier alpha value is -3.88. The van der Waals surface area contributed by atoms with Gasteiger partial charge in [0, 0.05) is 46.2 Å². The predicted octanol–water partition coefficient (Wildman–Crippen LogP) is 5.85. The molecule has 0 saturated carbocycles. The first-order valence-electron chi connectivity index (χ1n) is 10.7. The second-order valence-corrected chi connectivity index (χ2v) is 8.04. The molecular weight excluding hydrogens is 443 g/mol. The van der Waals surface area contributed by atoms with Crippen LogP contribution in [-0.4, -0.2) is 25.8 Å². The minimum atomic E-state index is -4.64. The van der Waals surface area contributed by atoms with Gasteiger partial charge in [-0.3, -0.25) is 4.79 Å². The molecule has 0 aliphatic rings. The van der Waals surface area contributed by atoms with Crippen LogP contribution in [0.1, 0.15) is 45.8 Å². The van der Waals surface area contributed by atoms with Gasteiger partial charge in [0.05, 0.1) is 0 Å². The lowest BCUT2D eigenvalue weighted by molar-refractivity contribution is -0.141. The molecule has 1 N–H and O–H groups in total. The van der Waals surface area contributed by atoms with Gasteiger partial charge in [0.25, 0.3) is 5.91 Å². The molecule has 0 atom stereocenters. The van der Waals surface area contributed by atoms with Crippen LogP contribution >= 0.6 is 0 Å². The van der Waals surface area contributed by atoms with E-state index < -0.39 is 17.8 Å². The zero-order valence-corrected chi connectivity index (χ0v) is 19.1. The van der Waals surface area contributed by atoms with Gasteiger partial charge in [-0.15, -0.1) is 0 Å². The number of anilines is 1. The molecular formula is C25H22F3N5O. The normalized spacial score (nSPS) is 11.6. The van der Waals surface area contributed by atoms with Crippen molar-refractivity contribution in [2.45, 2.75) is 40.3 Å². The number of aromatic nitrogens is 4. The Kier molecular flexibility index (Phi) is 6.03. The van der Waals surface area contributed by atoms with E-state index in [-0.39, 0.29) is 11.3 Å². The molecule has 4 aromatic rings. The highest BCUT2D eigenvalue weighted by Gasteiger charge is 2.33. The highest BCUT2D eigenvalue weighted by molar-refractivity contribution is 6.04. The zero-order valence-electron chi connectivity index (χ0n) is 19.1. The SMILES string of the molecule is CCc1ncc2cc(-c3cc(NC(=O)c4cc(C)nc(C(F)(F)F)c4)ccc3C)c(C)nc2n1. The van der Waals surface area contributed by atoms with Gasteiger partial charge in [-0.05, 0) is 62.2 Å². The van der Waals surface area contributed by atoms with Gasteiger partial charge in [-0.2, -0.15) is 13.2 Å². The molecule has 0 radical (unpaired) electrons. The van der Waals surface area contributed by atoms with Crippen LogP contribution in [0, 0.1) is 20.8 Å². The fourth-order valence-corrected chi connectivity index (χ4v) is 3.67. The Morgan fingerprint density at radius 2 is 1.74 bits per heavy atom. The molecule has 0 bridgehead atoms. The molecule has 0 saturated heterocycles. The van der Waals surface area contributed by atoms with Gasteiger partial charge < -0.3 is 5.32 Å². The minimum absolute atomic E-state index is 0.107. The minimum Gasteiger partial charge on any atom is -0.322 e. The predicted molar refractivity (Wildman–Crippen MR) is 124 cm³/mol. The van der Waals surface area contributed by atoms with E-state index >= 15 is 0 Å². The number of carbonyl (C=O) groups is 1. The topological polar surface area (TPSA) is 80.7 Å². The number of benzene rings is 1. The van der Waals surface area contributed by atoms with Gasteiger partial charge in [0.15, 0.2) is 5.65 Å². The fourth-order valence-electron chi connectivity index (χ4n) is 3.67. The number of pyridine rings is 2. The van der Waals surface area contributed by atoms with Crippen molar-refractivity contribution < 1.29 is 18.0 Å². The Labute approximate surface area is 194 Å². The number of fused-ring (bicyclic) bond motifs is 1. The first-order chi connectivity index (χ1) is 16.0. The Balaban J connectivity index is 1.69. The van der Waals surface area contributed by atoms with E-state index in [0.717, 1.165) is 33.8 Å². The molecule has 0 fully saturated rings. The van der Waals surface area contributed by atoms with E-state index in [9.17, 15) is 18.0 Å². The van der Waals surface area contributed by atoms with Crippen molar-refractivity contribution in [1.82, 2.24) is 19.9 Å². The van der Waals surface area contributed by atoms with Crippen molar-refractivity contribution in [2.75, 3.05) is 5.32 Å². The number of carbonyl (C=O) groups excluding carboxylic acids is 1. The van der Waals surface area contributed by atoms with Crippen molar-refractivity contribution in [1.29, 1.82) is 0 Å². The summed E-state index contributed by atoms with van der Waals surface area (Å²) >= 11 is 0. The summed E-state index contributed by atoms with van der Waals surface area (Å²) in [5, 5.41) is 3.48. The number of hydrogen-bond donors (Lipinski definition) is 1. The van der Waals surface area contributed by atoms with Crippen LogP contribution in [0.5, 0.6) is 0 Å². The van der Waals surface area contributed by atoms with E-state index in [4.69, 9.17) is 0 Å². The molecule has 1 amide bonds. The maximum Gasteiger partial charge on any atom is 0.433 e. The van der Waals surface area contributed by atoms with Crippen molar-refractivity contribution in [3.8, 4) is 11.1 Å².